The number of ether oxygens (including phenoxy) is 1. The second-order valence-corrected chi connectivity index (χ2v) is 7.05. The van der Waals surface area contributed by atoms with Crippen LogP contribution in [0.15, 0.2) is 42.6 Å². The van der Waals surface area contributed by atoms with E-state index >= 15 is 0 Å². The van der Waals surface area contributed by atoms with Gasteiger partial charge < -0.3 is 9.72 Å². The van der Waals surface area contributed by atoms with Crippen LogP contribution in [0.5, 0.6) is 0 Å². The van der Waals surface area contributed by atoms with E-state index in [0.29, 0.717) is 18.4 Å². The van der Waals surface area contributed by atoms with E-state index in [-0.39, 0.29) is 18.4 Å². The highest BCUT2D eigenvalue weighted by atomic mass is 16.5. The van der Waals surface area contributed by atoms with E-state index in [2.05, 4.69) is 11.1 Å². The predicted octanol–water partition coefficient (Wildman–Crippen LogP) is 4.84. The number of esters is 1. The maximum atomic E-state index is 12.4. The summed E-state index contributed by atoms with van der Waals surface area (Å²) in [6.45, 7) is 5.70. The Bertz CT molecular complexity index is 984. The van der Waals surface area contributed by atoms with Crippen molar-refractivity contribution in [2.45, 2.75) is 40.0 Å². The molecule has 0 aliphatic heterocycles. The second-order valence-electron chi connectivity index (χ2n) is 7.05. The SMILES string of the molecule is Cc1cc(C)c(C(=O)COC(=O)CCCc2c[nH]c3ccccc23)cc1C. The third-order valence-electron chi connectivity index (χ3n) is 5.01. The summed E-state index contributed by atoms with van der Waals surface area (Å²) in [6.07, 6.45) is 3.78. The number of fused-ring (bicyclic) bond motifs is 1. The van der Waals surface area contributed by atoms with Crippen LogP contribution in [-0.2, 0) is 16.0 Å². The molecule has 0 spiro atoms. The molecule has 27 heavy (non-hydrogen) atoms. The van der Waals surface area contributed by atoms with Gasteiger partial charge in [0.05, 0.1) is 0 Å². The maximum Gasteiger partial charge on any atom is 0.306 e. The molecule has 0 saturated carbocycles. The van der Waals surface area contributed by atoms with Crippen molar-refractivity contribution in [2.24, 2.45) is 0 Å². The Kier molecular flexibility index (Phi) is 5.75. The number of carbonyl (C=O) groups is 2. The Morgan fingerprint density at radius 1 is 1.00 bits per heavy atom. The van der Waals surface area contributed by atoms with Crippen molar-refractivity contribution in [1.29, 1.82) is 0 Å². The molecular formula is C23H25NO3. The number of nitrogens with one attached hydrogen (secondary N) is 1. The highest BCUT2D eigenvalue weighted by molar-refractivity contribution is 5.99. The van der Waals surface area contributed by atoms with Crippen LogP contribution in [-0.4, -0.2) is 23.3 Å². The highest BCUT2D eigenvalue weighted by Gasteiger charge is 2.14. The molecule has 0 aliphatic rings. The number of para-hydroxylation sites is 1. The van der Waals surface area contributed by atoms with Crippen molar-refractivity contribution in [2.75, 3.05) is 6.61 Å². The number of Topliss-reactive ketones (excluding diaryl/α,β-unsaturated/α-hetero) is 1. The van der Waals surface area contributed by atoms with Crippen molar-refractivity contribution in [3.05, 3.63) is 70.4 Å². The number of hydrogen-bond donors (Lipinski definition) is 1. The summed E-state index contributed by atoms with van der Waals surface area (Å²) in [5.74, 6) is -0.481. The fraction of sp³-hybridized carbons (Fsp3) is 0.304. The number of rotatable bonds is 7. The lowest BCUT2D eigenvalue weighted by molar-refractivity contribution is -0.142. The fourth-order valence-corrected chi connectivity index (χ4v) is 3.32. The molecule has 0 aliphatic carbocycles. The Labute approximate surface area is 159 Å². The first-order valence-electron chi connectivity index (χ1n) is 9.27. The lowest BCUT2D eigenvalue weighted by atomic mass is 9.98. The minimum atomic E-state index is -0.329. The molecule has 0 atom stereocenters. The predicted molar refractivity (Wildman–Crippen MR) is 107 cm³/mol. The number of benzene rings is 2. The lowest BCUT2D eigenvalue weighted by Gasteiger charge is -2.09. The number of ketones is 1. The van der Waals surface area contributed by atoms with E-state index in [1.54, 1.807) is 0 Å². The zero-order valence-electron chi connectivity index (χ0n) is 16.1. The summed E-state index contributed by atoms with van der Waals surface area (Å²) >= 11 is 0. The van der Waals surface area contributed by atoms with Crippen LogP contribution >= 0.6 is 0 Å². The molecule has 0 radical (unpaired) electrons. The average Bonchev–Trinajstić information content (AvgIpc) is 3.06. The molecule has 1 aromatic heterocycles. The number of carbonyl (C=O) groups excluding carboxylic acids is 2. The van der Waals surface area contributed by atoms with Crippen molar-refractivity contribution in [3.8, 4) is 0 Å². The van der Waals surface area contributed by atoms with Gasteiger partial charge in [-0.05, 0) is 68.0 Å². The van der Waals surface area contributed by atoms with Gasteiger partial charge in [-0.25, -0.2) is 0 Å². The molecule has 0 fully saturated rings. The zero-order chi connectivity index (χ0) is 19.4. The number of H-pyrrole nitrogens is 1. The van der Waals surface area contributed by atoms with Crippen molar-refractivity contribution in [1.82, 2.24) is 4.98 Å². The summed E-state index contributed by atoms with van der Waals surface area (Å²) in [4.78, 5) is 27.6. The lowest BCUT2D eigenvalue weighted by Crippen LogP contribution is -2.15. The van der Waals surface area contributed by atoms with Gasteiger partial charge in [-0.2, -0.15) is 0 Å². The fourth-order valence-electron chi connectivity index (χ4n) is 3.32. The minimum absolute atomic E-state index is 0.152. The van der Waals surface area contributed by atoms with Crippen LogP contribution in [0.25, 0.3) is 10.9 Å². The summed E-state index contributed by atoms with van der Waals surface area (Å²) in [6, 6.07) is 12.0. The number of hydrogen-bond acceptors (Lipinski definition) is 3. The zero-order valence-corrected chi connectivity index (χ0v) is 16.1. The minimum Gasteiger partial charge on any atom is -0.457 e. The first-order chi connectivity index (χ1) is 13.0. The van der Waals surface area contributed by atoms with Crippen LogP contribution in [0, 0.1) is 20.8 Å². The van der Waals surface area contributed by atoms with Crippen molar-refractivity contribution < 1.29 is 14.3 Å². The van der Waals surface area contributed by atoms with Gasteiger partial charge in [0.15, 0.2) is 6.61 Å². The monoisotopic (exact) mass is 363 g/mol. The van der Waals surface area contributed by atoms with Gasteiger partial charge in [-0.15, -0.1) is 0 Å². The van der Waals surface area contributed by atoms with Gasteiger partial charge >= 0.3 is 5.97 Å². The van der Waals surface area contributed by atoms with E-state index in [0.717, 1.165) is 28.6 Å². The standard InChI is InChI=1S/C23H25NO3/c1-15-11-17(3)20(12-16(15)2)22(25)14-27-23(26)10-6-7-18-13-24-21-9-5-4-8-19(18)21/h4-5,8-9,11-13,24H,6-7,10,14H2,1-3H3. The molecule has 140 valence electrons. The molecule has 1 heterocycles. The molecule has 0 amide bonds. The summed E-state index contributed by atoms with van der Waals surface area (Å²) in [5, 5.41) is 1.19. The van der Waals surface area contributed by atoms with E-state index in [9.17, 15) is 9.59 Å². The van der Waals surface area contributed by atoms with Crippen molar-refractivity contribution >= 4 is 22.7 Å². The first-order valence-corrected chi connectivity index (χ1v) is 9.27. The van der Waals surface area contributed by atoms with Crippen LogP contribution in [0.2, 0.25) is 0 Å². The Hall–Kier alpha value is -2.88. The third-order valence-corrected chi connectivity index (χ3v) is 5.01. The van der Waals surface area contributed by atoms with Gasteiger partial charge in [0.25, 0.3) is 0 Å². The Balaban J connectivity index is 1.48. The number of aromatic amines is 1. The second kappa shape index (κ2) is 8.21. The molecule has 1 N–H and O–H groups in total. The van der Waals surface area contributed by atoms with E-state index in [1.165, 1.54) is 10.9 Å². The third kappa shape index (κ3) is 4.45. The topological polar surface area (TPSA) is 59.2 Å². The molecule has 3 aromatic rings. The Morgan fingerprint density at radius 3 is 2.56 bits per heavy atom. The Morgan fingerprint density at radius 2 is 1.74 bits per heavy atom. The molecular weight excluding hydrogens is 338 g/mol. The summed E-state index contributed by atoms with van der Waals surface area (Å²) in [5.41, 5.74) is 6.06. The molecule has 3 rings (SSSR count). The smallest absolute Gasteiger partial charge is 0.306 e. The van der Waals surface area contributed by atoms with Gasteiger partial charge in [0.1, 0.15) is 0 Å². The van der Waals surface area contributed by atoms with Crippen LogP contribution in [0.1, 0.15) is 45.5 Å². The summed E-state index contributed by atoms with van der Waals surface area (Å²) < 4.78 is 5.19. The summed E-state index contributed by atoms with van der Waals surface area (Å²) in [7, 11) is 0. The van der Waals surface area contributed by atoms with Gasteiger partial charge in [-0.3, -0.25) is 9.59 Å². The number of aryl methyl sites for hydroxylation is 4. The van der Waals surface area contributed by atoms with E-state index in [4.69, 9.17) is 4.74 Å². The van der Waals surface area contributed by atoms with E-state index in [1.807, 2.05) is 57.3 Å². The highest BCUT2D eigenvalue weighted by Crippen LogP contribution is 2.20. The van der Waals surface area contributed by atoms with Gasteiger partial charge in [0, 0.05) is 29.1 Å². The normalized spacial score (nSPS) is 10.9. The largest absolute Gasteiger partial charge is 0.457 e. The van der Waals surface area contributed by atoms with Gasteiger partial charge in [-0.1, -0.05) is 24.3 Å². The van der Waals surface area contributed by atoms with Crippen LogP contribution in [0.4, 0.5) is 0 Å². The first kappa shape index (κ1) is 18.9. The molecule has 0 bridgehead atoms. The van der Waals surface area contributed by atoms with Crippen LogP contribution in [0.3, 0.4) is 0 Å². The van der Waals surface area contributed by atoms with Crippen LogP contribution < -0.4 is 0 Å². The van der Waals surface area contributed by atoms with E-state index < -0.39 is 0 Å². The molecule has 4 heteroatoms. The average molecular weight is 363 g/mol. The maximum absolute atomic E-state index is 12.4. The molecule has 0 unspecified atom stereocenters. The molecule has 4 nitrogen and oxygen atoms in total. The molecule has 0 saturated heterocycles. The quantitative estimate of drug-likeness (QED) is 0.482. The van der Waals surface area contributed by atoms with Crippen molar-refractivity contribution in [3.63, 3.8) is 0 Å². The van der Waals surface area contributed by atoms with Gasteiger partial charge in [0.2, 0.25) is 5.78 Å². The molecule has 2 aromatic carbocycles. The number of aromatic nitrogens is 1.